The number of ether oxygens (including phenoxy) is 2. The molecule has 0 spiro atoms. The predicted molar refractivity (Wildman–Crippen MR) is 103 cm³/mol. The van der Waals surface area contributed by atoms with Gasteiger partial charge in [0.1, 0.15) is 6.10 Å². The van der Waals surface area contributed by atoms with Crippen LogP contribution < -0.4 is 14.8 Å². The fourth-order valence-electron chi connectivity index (χ4n) is 2.35. The van der Waals surface area contributed by atoms with Crippen molar-refractivity contribution in [2.75, 3.05) is 13.7 Å². The molecule has 4 heteroatoms. The summed E-state index contributed by atoms with van der Waals surface area (Å²) < 4.78 is 11.4. The second-order valence-corrected chi connectivity index (χ2v) is 5.96. The second-order valence-electron chi connectivity index (χ2n) is 5.96. The Kier molecular flexibility index (Phi) is 9.45. The fraction of sp³-hybridized carbons (Fsp3) is 0.476. The minimum Gasteiger partial charge on any atom is -0.493 e. The van der Waals surface area contributed by atoms with Gasteiger partial charge < -0.3 is 14.8 Å². The van der Waals surface area contributed by atoms with Gasteiger partial charge in [-0.2, -0.15) is 0 Å². The van der Waals surface area contributed by atoms with Crippen molar-refractivity contribution in [2.45, 2.75) is 52.6 Å². The third-order valence-corrected chi connectivity index (χ3v) is 4.07. The molecule has 1 N–H and O–H groups in total. The molecule has 0 aromatic heterocycles. The molecule has 0 saturated heterocycles. The van der Waals surface area contributed by atoms with Crippen molar-refractivity contribution in [3.8, 4) is 11.5 Å². The molecular weight excluding hydrogens is 314 g/mol. The first-order valence-electron chi connectivity index (χ1n) is 8.90. The maximum Gasteiger partial charge on any atom is 0.220 e. The molecule has 4 nitrogen and oxygen atoms in total. The minimum absolute atomic E-state index is 0.0690. The maximum absolute atomic E-state index is 11.7. The third-order valence-electron chi connectivity index (χ3n) is 4.07. The van der Waals surface area contributed by atoms with E-state index in [1.807, 2.05) is 44.2 Å². The van der Waals surface area contributed by atoms with E-state index in [0.717, 1.165) is 30.4 Å². The average molecular weight is 345 g/mol. The highest BCUT2D eigenvalue weighted by Gasteiger charge is 2.12. The summed E-state index contributed by atoms with van der Waals surface area (Å²) in [4.78, 5) is 11.7. The summed E-state index contributed by atoms with van der Waals surface area (Å²) in [6.45, 7) is 10.6. The van der Waals surface area contributed by atoms with Crippen LogP contribution in [0.5, 0.6) is 11.5 Å². The molecule has 1 amide bonds. The first-order chi connectivity index (χ1) is 12.0. The Hall–Kier alpha value is -2.23. The molecule has 138 valence electrons. The Bertz CT molecular complexity index is 593. The molecule has 0 aliphatic heterocycles. The van der Waals surface area contributed by atoms with Gasteiger partial charge in [-0.3, -0.25) is 4.79 Å². The van der Waals surface area contributed by atoms with Gasteiger partial charge in [0.2, 0.25) is 5.91 Å². The van der Waals surface area contributed by atoms with E-state index in [1.165, 1.54) is 0 Å². The molecule has 0 aliphatic rings. The molecule has 0 radical (unpaired) electrons. The number of allylic oxidation sites excluding steroid dienone is 2. The Balaban J connectivity index is 2.62. The van der Waals surface area contributed by atoms with Gasteiger partial charge >= 0.3 is 0 Å². The van der Waals surface area contributed by atoms with Crippen molar-refractivity contribution in [3.63, 3.8) is 0 Å². The van der Waals surface area contributed by atoms with E-state index in [-0.39, 0.29) is 12.0 Å². The average Bonchev–Trinajstić information content (AvgIpc) is 2.61. The number of carbonyl (C=O) groups is 1. The van der Waals surface area contributed by atoms with E-state index >= 15 is 0 Å². The first kappa shape index (κ1) is 20.8. The summed E-state index contributed by atoms with van der Waals surface area (Å²) in [7, 11) is 1.63. The molecule has 1 aromatic carbocycles. The lowest BCUT2D eigenvalue weighted by Crippen LogP contribution is -2.25. The normalized spacial score (nSPS) is 12.0. The molecule has 1 rings (SSSR count). The van der Waals surface area contributed by atoms with E-state index in [4.69, 9.17) is 9.47 Å². The lowest BCUT2D eigenvalue weighted by molar-refractivity contribution is -0.120. The predicted octanol–water partition coefficient (Wildman–Crippen LogP) is 4.44. The highest BCUT2D eigenvalue weighted by atomic mass is 16.5. The van der Waals surface area contributed by atoms with Gasteiger partial charge in [0, 0.05) is 13.0 Å². The number of carbonyl (C=O) groups excluding carboxylic acids is 1. The number of methoxy groups -OCH3 is 1. The first-order valence-corrected chi connectivity index (χ1v) is 8.90. The lowest BCUT2D eigenvalue weighted by atomic mass is 10.1. The highest BCUT2D eigenvalue weighted by Crippen LogP contribution is 2.30. The van der Waals surface area contributed by atoms with E-state index in [0.29, 0.717) is 24.5 Å². The number of nitrogens with one attached hydrogen (secondary N) is 1. The quantitative estimate of drug-likeness (QED) is 0.603. The molecule has 25 heavy (non-hydrogen) atoms. The second kappa shape index (κ2) is 11.3. The third kappa shape index (κ3) is 7.46. The van der Waals surface area contributed by atoms with Crippen LogP contribution in [0.4, 0.5) is 0 Å². The zero-order chi connectivity index (χ0) is 18.7. The summed E-state index contributed by atoms with van der Waals surface area (Å²) in [5.41, 5.74) is 2.14. The summed E-state index contributed by atoms with van der Waals surface area (Å²) in [5, 5.41) is 2.95. The van der Waals surface area contributed by atoms with E-state index in [9.17, 15) is 4.79 Å². The Morgan fingerprint density at radius 1 is 1.36 bits per heavy atom. The van der Waals surface area contributed by atoms with Gasteiger partial charge in [-0.25, -0.2) is 0 Å². The van der Waals surface area contributed by atoms with E-state index in [1.54, 1.807) is 7.11 Å². The van der Waals surface area contributed by atoms with Crippen molar-refractivity contribution in [1.82, 2.24) is 5.32 Å². The number of amides is 1. The number of hydrogen-bond acceptors (Lipinski definition) is 3. The van der Waals surface area contributed by atoms with Crippen molar-refractivity contribution in [2.24, 2.45) is 0 Å². The Morgan fingerprint density at radius 2 is 2.12 bits per heavy atom. The van der Waals surface area contributed by atoms with Gasteiger partial charge in [0.25, 0.3) is 0 Å². The van der Waals surface area contributed by atoms with Gasteiger partial charge in [0.15, 0.2) is 11.5 Å². The van der Waals surface area contributed by atoms with Crippen molar-refractivity contribution in [1.29, 1.82) is 0 Å². The molecule has 0 bridgehead atoms. The summed E-state index contributed by atoms with van der Waals surface area (Å²) in [6.07, 6.45) is 6.82. The molecular formula is C21H31NO3. The summed E-state index contributed by atoms with van der Waals surface area (Å²) in [6, 6.07) is 5.88. The molecule has 0 heterocycles. The topological polar surface area (TPSA) is 47.6 Å². The summed E-state index contributed by atoms with van der Waals surface area (Å²) >= 11 is 0. The van der Waals surface area contributed by atoms with E-state index in [2.05, 4.69) is 18.8 Å². The van der Waals surface area contributed by atoms with Crippen LogP contribution in [0.25, 0.3) is 0 Å². The lowest BCUT2D eigenvalue weighted by Gasteiger charge is -2.19. The van der Waals surface area contributed by atoms with Gasteiger partial charge in [-0.05, 0) is 56.4 Å². The molecule has 1 atom stereocenters. The highest BCUT2D eigenvalue weighted by molar-refractivity contribution is 5.75. The zero-order valence-electron chi connectivity index (χ0n) is 15.9. The largest absolute Gasteiger partial charge is 0.493 e. The smallest absolute Gasteiger partial charge is 0.220 e. The molecule has 0 fully saturated rings. The monoisotopic (exact) mass is 345 g/mol. The molecule has 1 unspecified atom stereocenters. The van der Waals surface area contributed by atoms with Crippen molar-refractivity contribution in [3.05, 3.63) is 48.1 Å². The van der Waals surface area contributed by atoms with Crippen molar-refractivity contribution >= 4 is 5.91 Å². The summed E-state index contributed by atoms with van der Waals surface area (Å²) in [5.74, 6) is 1.49. The van der Waals surface area contributed by atoms with Crippen LogP contribution in [-0.2, 0) is 11.2 Å². The fourth-order valence-corrected chi connectivity index (χ4v) is 2.35. The zero-order valence-corrected chi connectivity index (χ0v) is 15.9. The maximum atomic E-state index is 11.7. The Labute approximate surface area is 151 Å². The standard InChI is InChI=1S/C21H31NO3/c1-6-8-9-10-21(23)22-14-13-18-11-12-19(24-5)20(15-18)25-17(4)16(3)7-2/h6,8,11-12,15,17H,3,7,9-10,13-14H2,1-2,4-5H3,(H,22,23)/b8-6+. The van der Waals surface area contributed by atoms with Crippen LogP contribution in [0.2, 0.25) is 0 Å². The van der Waals surface area contributed by atoms with Crippen LogP contribution >= 0.6 is 0 Å². The number of benzene rings is 1. The van der Waals surface area contributed by atoms with Crippen molar-refractivity contribution < 1.29 is 14.3 Å². The van der Waals surface area contributed by atoms with Crippen LogP contribution in [-0.4, -0.2) is 25.7 Å². The molecule has 0 aliphatic carbocycles. The van der Waals surface area contributed by atoms with Gasteiger partial charge in [-0.1, -0.05) is 31.7 Å². The van der Waals surface area contributed by atoms with Crippen LogP contribution in [0, 0.1) is 0 Å². The molecule has 0 saturated carbocycles. The van der Waals surface area contributed by atoms with Gasteiger partial charge in [0.05, 0.1) is 7.11 Å². The number of hydrogen-bond donors (Lipinski definition) is 1. The molecule has 1 aromatic rings. The number of rotatable bonds is 11. The van der Waals surface area contributed by atoms with Crippen LogP contribution in [0.1, 0.15) is 45.6 Å². The SMILES string of the molecule is C=C(CC)C(C)Oc1cc(CCNC(=O)CC/C=C/C)ccc1OC. The Morgan fingerprint density at radius 3 is 2.76 bits per heavy atom. The van der Waals surface area contributed by atoms with Crippen LogP contribution in [0.15, 0.2) is 42.5 Å². The van der Waals surface area contributed by atoms with E-state index < -0.39 is 0 Å². The van der Waals surface area contributed by atoms with Gasteiger partial charge in [-0.15, -0.1) is 0 Å². The van der Waals surface area contributed by atoms with Crippen LogP contribution in [0.3, 0.4) is 0 Å². The minimum atomic E-state index is -0.0690.